The largest absolute Gasteiger partial charge is 0.497 e. The normalized spacial score (nSPS) is 11.2. The number of hydrogen-bond acceptors (Lipinski definition) is 8. The van der Waals surface area contributed by atoms with Gasteiger partial charge >= 0.3 is 0 Å². The van der Waals surface area contributed by atoms with Crippen LogP contribution in [0.5, 0.6) is 11.5 Å². The molecule has 2 N–H and O–H groups in total. The maximum absolute atomic E-state index is 12.8. The molecule has 34 heavy (non-hydrogen) atoms. The van der Waals surface area contributed by atoms with Crippen molar-refractivity contribution in [1.29, 1.82) is 5.41 Å². The molecule has 0 saturated heterocycles. The summed E-state index contributed by atoms with van der Waals surface area (Å²) in [5, 5.41) is 9.36. The summed E-state index contributed by atoms with van der Waals surface area (Å²) in [7, 11) is 3.21. The summed E-state index contributed by atoms with van der Waals surface area (Å²) in [6.45, 7) is 0.815. The molecule has 0 bridgehead atoms. The van der Waals surface area contributed by atoms with Crippen LogP contribution in [0, 0.1) is 5.41 Å². The summed E-state index contributed by atoms with van der Waals surface area (Å²) in [5.74, 6) is 1.39. The Kier molecular flexibility index (Phi) is 5.76. The summed E-state index contributed by atoms with van der Waals surface area (Å²) in [6.07, 6.45) is 3.11. The third kappa shape index (κ3) is 4.01. The number of aryl methyl sites for hydroxylation is 2. The minimum atomic E-state index is -0.101. The topological polar surface area (TPSA) is 124 Å². The predicted octanol–water partition coefficient (Wildman–Crippen LogP) is 2.82. The second-order valence-electron chi connectivity index (χ2n) is 7.41. The van der Waals surface area contributed by atoms with Crippen LogP contribution in [0.15, 0.2) is 70.0 Å². The average Bonchev–Trinajstić information content (AvgIpc) is 3.29. The van der Waals surface area contributed by atoms with Gasteiger partial charge in [0.2, 0.25) is 0 Å². The van der Waals surface area contributed by atoms with Crippen LogP contribution in [0.4, 0.5) is 0 Å². The molecule has 3 aromatic heterocycles. The minimum Gasteiger partial charge on any atom is -0.497 e. The first-order chi connectivity index (χ1) is 16.6. The lowest BCUT2D eigenvalue weighted by Crippen LogP contribution is -2.23. The van der Waals surface area contributed by atoms with E-state index in [9.17, 15) is 4.79 Å². The van der Waals surface area contributed by atoms with E-state index in [0.29, 0.717) is 51.8 Å². The van der Waals surface area contributed by atoms with Crippen molar-refractivity contribution in [3.8, 4) is 11.5 Å². The van der Waals surface area contributed by atoms with E-state index in [1.807, 2.05) is 41.0 Å². The molecule has 0 unspecified atom stereocenters. The van der Waals surface area contributed by atoms with Gasteiger partial charge in [-0.05, 0) is 42.1 Å². The van der Waals surface area contributed by atoms with Crippen molar-refractivity contribution >= 4 is 33.8 Å². The lowest BCUT2D eigenvalue weighted by molar-refractivity contribution is 0.394. The van der Waals surface area contributed by atoms with Gasteiger partial charge in [0.25, 0.3) is 5.56 Å². The SMILES string of the molecule is COc1ccc(OC)c(Sc2nc3c([nH]2)c(=N)ncn3CCn2cnc3ccccc3c2=O)c1. The summed E-state index contributed by atoms with van der Waals surface area (Å²) in [6, 6.07) is 12.8. The summed E-state index contributed by atoms with van der Waals surface area (Å²) >= 11 is 1.37. The number of aromatic amines is 1. The van der Waals surface area contributed by atoms with Gasteiger partial charge in [-0.25, -0.2) is 15.0 Å². The lowest BCUT2D eigenvalue weighted by atomic mass is 10.2. The fourth-order valence-corrected chi connectivity index (χ4v) is 4.54. The second kappa shape index (κ2) is 9.02. The highest BCUT2D eigenvalue weighted by molar-refractivity contribution is 7.99. The quantitative estimate of drug-likeness (QED) is 0.371. The number of methoxy groups -OCH3 is 2. The number of aromatic nitrogens is 6. The number of ether oxygens (including phenoxy) is 2. The number of nitrogens with zero attached hydrogens (tertiary/aromatic N) is 5. The zero-order valence-electron chi connectivity index (χ0n) is 18.5. The van der Waals surface area contributed by atoms with Gasteiger partial charge in [-0.3, -0.25) is 14.8 Å². The highest BCUT2D eigenvalue weighted by Crippen LogP contribution is 2.36. The predicted molar refractivity (Wildman–Crippen MR) is 127 cm³/mol. The van der Waals surface area contributed by atoms with Gasteiger partial charge in [-0.15, -0.1) is 0 Å². The number of fused-ring (bicyclic) bond motifs is 2. The molecule has 5 aromatic rings. The van der Waals surface area contributed by atoms with Crippen molar-refractivity contribution in [3.63, 3.8) is 0 Å². The maximum Gasteiger partial charge on any atom is 0.261 e. The molecule has 3 heterocycles. The molecule has 5 rings (SSSR count). The van der Waals surface area contributed by atoms with E-state index in [0.717, 1.165) is 4.90 Å². The minimum absolute atomic E-state index is 0.0905. The molecule has 2 aromatic carbocycles. The van der Waals surface area contributed by atoms with Crippen LogP contribution in [-0.4, -0.2) is 43.3 Å². The van der Waals surface area contributed by atoms with Crippen molar-refractivity contribution < 1.29 is 9.47 Å². The monoisotopic (exact) mass is 475 g/mol. The fraction of sp³-hybridized carbons (Fsp3) is 0.174. The Morgan fingerprint density at radius 1 is 1.03 bits per heavy atom. The van der Waals surface area contributed by atoms with Gasteiger partial charge in [0, 0.05) is 13.1 Å². The van der Waals surface area contributed by atoms with Crippen LogP contribution >= 0.6 is 11.8 Å². The number of para-hydroxylation sites is 1. The van der Waals surface area contributed by atoms with Crippen molar-refractivity contribution in [2.45, 2.75) is 23.1 Å². The molecule has 0 fully saturated rings. The summed E-state index contributed by atoms with van der Waals surface area (Å²) in [5.41, 5.74) is 1.74. The van der Waals surface area contributed by atoms with Crippen LogP contribution in [0.3, 0.4) is 0 Å². The van der Waals surface area contributed by atoms with E-state index < -0.39 is 0 Å². The Labute approximate surface area is 197 Å². The first-order valence-electron chi connectivity index (χ1n) is 10.4. The smallest absolute Gasteiger partial charge is 0.261 e. The van der Waals surface area contributed by atoms with E-state index >= 15 is 0 Å². The van der Waals surface area contributed by atoms with Crippen molar-refractivity contribution in [1.82, 2.24) is 29.1 Å². The van der Waals surface area contributed by atoms with Gasteiger partial charge < -0.3 is 19.0 Å². The van der Waals surface area contributed by atoms with Gasteiger partial charge in [-0.1, -0.05) is 12.1 Å². The first kappa shape index (κ1) is 21.7. The zero-order chi connectivity index (χ0) is 23.7. The molecule has 0 amide bonds. The number of imidazole rings is 1. The molecule has 10 nitrogen and oxygen atoms in total. The molecule has 0 radical (unpaired) electrons. The Morgan fingerprint density at radius 2 is 1.82 bits per heavy atom. The number of benzene rings is 2. The Bertz CT molecular complexity index is 1620. The van der Waals surface area contributed by atoms with Crippen molar-refractivity contribution in [2.24, 2.45) is 0 Å². The number of nitrogens with one attached hydrogen (secondary N) is 2. The number of H-pyrrole nitrogens is 1. The van der Waals surface area contributed by atoms with Crippen LogP contribution in [0.25, 0.3) is 22.1 Å². The highest BCUT2D eigenvalue weighted by Gasteiger charge is 2.14. The van der Waals surface area contributed by atoms with Gasteiger partial charge in [0.05, 0.1) is 42.7 Å². The molecule has 172 valence electrons. The molecule has 0 aliphatic carbocycles. The fourth-order valence-electron chi connectivity index (χ4n) is 3.62. The summed E-state index contributed by atoms with van der Waals surface area (Å²) in [4.78, 5) is 30.1. The zero-order valence-corrected chi connectivity index (χ0v) is 19.3. The average molecular weight is 476 g/mol. The van der Waals surface area contributed by atoms with Crippen LogP contribution in [0.2, 0.25) is 0 Å². The molecule has 0 atom stereocenters. The Hall–Kier alpha value is -4.12. The van der Waals surface area contributed by atoms with E-state index in [4.69, 9.17) is 19.9 Å². The van der Waals surface area contributed by atoms with E-state index in [1.54, 1.807) is 37.5 Å². The van der Waals surface area contributed by atoms with Crippen molar-refractivity contribution in [2.75, 3.05) is 14.2 Å². The number of rotatable bonds is 7. The third-order valence-electron chi connectivity index (χ3n) is 5.39. The van der Waals surface area contributed by atoms with E-state index in [2.05, 4.69) is 15.0 Å². The van der Waals surface area contributed by atoms with Gasteiger partial charge in [-0.2, -0.15) is 0 Å². The summed E-state index contributed by atoms with van der Waals surface area (Å²) < 4.78 is 14.2. The van der Waals surface area contributed by atoms with Crippen molar-refractivity contribution in [3.05, 3.63) is 71.0 Å². The number of hydrogen-bond donors (Lipinski definition) is 2. The van der Waals surface area contributed by atoms with E-state index in [1.165, 1.54) is 11.8 Å². The van der Waals surface area contributed by atoms with E-state index in [-0.39, 0.29) is 11.0 Å². The second-order valence-corrected chi connectivity index (χ2v) is 8.44. The molecule has 0 saturated carbocycles. The Morgan fingerprint density at radius 3 is 2.65 bits per heavy atom. The third-order valence-corrected chi connectivity index (χ3v) is 6.31. The molecular formula is C23H21N7O3S. The van der Waals surface area contributed by atoms with Gasteiger partial charge in [0.1, 0.15) is 17.0 Å². The molecule has 0 aliphatic heterocycles. The molecule has 0 aliphatic rings. The van der Waals surface area contributed by atoms with Gasteiger partial charge in [0.15, 0.2) is 16.3 Å². The van der Waals surface area contributed by atoms with Crippen LogP contribution < -0.4 is 20.5 Å². The van der Waals surface area contributed by atoms with Crippen LogP contribution in [0.1, 0.15) is 0 Å². The Balaban J connectivity index is 1.46. The molecular weight excluding hydrogens is 454 g/mol. The lowest BCUT2D eigenvalue weighted by Gasteiger charge is -2.09. The molecule has 11 heteroatoms. The first-order valence-corrected chi connectivity index (χ1v) is 11.2. The standard InChI is InChI=1S/C23H21N7O3S/c1-32-14-7-8-17(33-2)18(11-14)34-23-27-19-20(24)26-13-29(21(19)28-23)9-10-30-12-25-16-6-4-3-5-15(16)22(30)31/h3-8,11-13,24H,9-10H2,1-2H3,(H,27,28). The maximum atomic E-state index is 12.8. The highest BCUT2D eigenvalue weighted by atomic mass is 32.2. The van der Waals surface area contributed by atoms with Crippen LogP contribution in [-0.2, 0) is 13.1 Å². The molecule has 0 spiro atoms.